The van der Waals surface area contributed by atoms with Crippen LogP contribution < -0.4 is 10.6 Å². The summed E-state index contributed by atoms with van der Waals surface area (Å²) in [5.74, 6) is 0.636. The van der Waals surface area contributed by atoms with E-state index in [2.05, 4.69) is 43.6 Å². The summed E-state index contributed by atoms with van der Waals surface area (Å²) in [6, 6.07) is 2.62. The van der Waals surface area contributed by atoms with Gasteiger partial charge in [0.05, 0.1) is 0 Å². The number of hydrogen-bond acceptors (Lipinski definition) is 3. The van der Waals surface area contributed by atoms with Gasteiger partial charge in [0.25, 0.3) is 0 Å². The molecule has 0 unspecified atom stereocenters. The minimum absolute atomic E-state index is 0.476. The average Bonchev–Trinajstić information content (AvgIpc) is 2.25. The summed E-state index contributed by atoms with van der Waals surface area (Å²) in [6.45, 7) is 12.5. The third-order valence-electron chi connectivity index (χ3n) is 2.81. The lowest BCUT2D eigenvalue weighted by Gasteiger charge is -2.32. The van der Waals surface area contributed by atoms with Crippen LogP contribution in [0.1, 0.15) is 39.0 Å². The predicted molar refractivity (Wildman–Crippen MR) is 74.2 cm³/mol. The minimum Gasteiger partial charge on any atom is -0.368 e. The number of pyridine rings is 1. The van der Waals surface area contributed by atoms with E-state index in [0.717, 1.165) is 17.8 Å². The Hall–Kier alpha value is -1.09. The van der Waals surface area contributed by atoms with Crippen molar-refractivity contribution in [3.05, 3.63) is 23.5 Å². The third kappa shape index (κ3) is 3.70. The molecule has 0 amide bonds. The lowest BCUT2D eigenvalue weighted by Crippen LogP contribution is -2.35. The summed E-state index contributed by atoms with van der Waals surface area (Å²) in [4.78, 5) is 6.74. The van der Waals surface area contributed by atoms with Crippen LogP contribution in [0.15, 0.2) is 12.3 Å². The zero-order chi connectivity index (χ0) is 13.0. The Balaban J connectivity index is 3.11. The standard InChI is InChI=1S/C14H25N3/c1-10(2)9-17(11(3)4)14-6-12(5)16-8-13(14)7-15/h6,8,10-11H,7,9,15H2,1-5H3. The Labute approximate surface area is 105 Å². The van der Waals surface area contributed by atoms with E-state index in [1.54, 1.807) is 0 Å². The molecule has 0 radical (unpaired) electrons. The molecule has 0 saturated heterocycles. The summed E-state index contributed by atoms with van der Waals surface area (Å²) >= 11 is 0. The first-order chi connectivity index (χ1) is 7.95. The Kier molecular flexibility index (Phi) is 4.94. The van der Waals surface area contributed by atoms with Gasteiger partial charge >= 0.3 is 0 Å². The van der Waals surface area contributed by atoms with Gasteiger partial charge in [0.15, 0.2) is 0 Å². The molecule has 1 heterocycles. The highest BCUT2D eigenvalue weighted by Gasteiger charge is 2.15. The smallest absolute Gasteiger partial charge is 0.0447 e. The Bertz CT molecular complexity index is 358. The molecule has 0 spiro atoms. The van der Waals surface area contributed by atoms with Crippen molar-refractivity contribution in [2.75, 3.05) is 11.4 Å². The molecule has 0 aliphatic heterocycles. The number of anilines is 1. The van der Waals surface area contributed by atoms with Crippen molar-refractivity contribution < 1.29 is 0 Å². The first kappa shape index (κ1) is 14.0. The SMILES string of the molecule is Cc1cc(N(CC(C)C)C(C)C)c(CN)cn1. The van der Waals surface area contributed by atoms with Crippen molar-refractivity contribution >= 4 is 5.69 Å². The van der Waals surface area contributed by atoms with Crippen molar-refractivity contribution in [3.8, 4) is 0 Å². The Morgan fingerprint density at radius 1 is 1.29 bits per heavy atom. The molecular weight excluding hydrogens is 210 g/mol. The van der Waals surface area contributed by atoms with Crippen LogP contribution in [-0.4, -0.2) is 17.6 Å². The van der Waals surface area contributed by atoms with Crippen LogP contribution in [0.5, 0.6) is 0 Å². The van der Waals surface area contributed by atoms with E-state index in [1.165, 1.54) is 5.69 Å². The highest BCUT2D eigenvalue weighted by Crippen LogP contribution is 2.23. The third-order valence-corrected chi connectivity index (χ3v) is 2.81. The van der Waals surface area contributed by atoms with E-state index in [4.69, 9.17) is 5.73 Å². The maximum atomic E-state index is 5.80. The summed E-state index contributed by atoms with van der Waals surface area (Å²) in [5, 5.41) is 0. The predicted octanol–water partition coefficient (Wildman–Crippen LogP) is 2.72. The van der Waals surface area contributed by atoms with E-state index < -0.39 is 0 Å². The molecule has 0 aromatic carbocycles. The average molecular weight is 235 g/mol. The number of nitrogens with zero attached hydrogens (tertiary/aromatic N) is 2. The Morgan fingerprint density at radius 3 is 2.41 bits per heavy atom. The van der Waals surface area contributed by atoms with Gasteiger partial charge in [0.1, 0.15) is 0 Å². The number of rotatable bonds is 5. The minimum atomic E-state index is 0.476. The molecule has 96 valence electrons. The maximum Gasteiger partial charge on any atom is 0.0447 e. The van der Waals surface area contributed by atoms with Crippen LogP contribution in [0, 0.1) is 12.8 Å². The second kappa shape index (κ2) is 6.01. The Morgan fingerprint density at radius 2 is 1.94 bits per heavy atom. The van der Waals surface area contributed by atoms with Crippen LogP contribution in [0.25, 0.3) is 0 Å². The normalized spacial score (nSPS) is 11.3. The second-order valence-corrected chi connectivity index (χ2v) is 5.30. The molecule has 1 aromatic rings. The van der Waals surface area contributed by atoms with E-state index >= 15 is 0 Å². The molecule has 0 aliphatic rings. The van der Waals surface area contributed by atoms with Crippen LogP contribution >= 0.6 is 0 Å². The fourth-order valence-corrected chi connectivity index (χ4v) is 1.98. The lowest BCUT2D eigenvalue weighted by molar-refractivity contribution is 0.569. The van der Waals surface area contributed by atoms with Crippen LogP contribution in [0.2, 0.25) is 0 Å². The van der Waals surface area contributed by atoms with Gasteiger partial charge in [-0.25, -0.2) is 0 Å². The molecule has 17 heavy (non-hydrogen) atoms. The molecule has 0 atom stereocenters. The van der Waals surface area contributed by atoms with Gasteiger partial charge in [-0.1, -0.05) is 13.8 Å². The fraction of sp³-hybridized carbons (Fsp3) is 0.643. The second-order valence-electron chi connectivity index (χ2n) is 5.30. The number of aromatic nitrogens is 1. The van der Waals surface area contributed by atoms with E-state index in [1.807, 2.05) is 13.1 Å². The molecule has 2 N–H and O–H groups in total. The van der Waals surface area contributed by atoms with E-state index in [9.17, 15) is 0 Å². The van der Waals surface area contributed by atoms with Gasteiger partial charge in [-0.3, -0.25) is 4.98 Å². The molecule has 0 fully saturated rings. The molecule has 0 saturated carbocycles. The van der Waals surface area contributed by atoms with Gasteiger partial charge in [-0.15, -0.1) is 0 Å². The van der Waals surface area contributed by atoms with Crippen molar-refractivity contribution in [1.82, 2.24) is 4.98 Å². The number of aryl methyl sites for hydroxylation is 1. The molecule has 1 aromatic heterocycles. The highest BCUT2D eigenvalue weighted by molar-refractivity contribution is 5.54. The zero-order valence-electron chi connectivity index (χ0n) is 11.7. The molecule has 0 aliphatic carbocycles. The molecule has 0 bridgehead atoms. The van der Waals surface area contributed by atoms with Crippen molar-refractivity contribution in [2.24, 2.45) is 11.7 Å². The summed E-state index contributed by atoms with van der Waals surface area (Å²) in [7, 11) is 0. The van der Waals surface area contributed by atoms with Crippen molar-refractivity contribution in [1.29, 1.82) is 0 Å². The fourth-order valence-electron chi connectivity index (χ4n) is 1.98. The maximum absolute atomic E-state index is 5.80. The lowest BCUT2D eigenvalue weighted by atomic mass is 10.1. The van der Waals surface area contributed by atoms with E-state index in [-0.39, 0.29) is 0 Å². The molecule has 1 rings (SSSR count). The summed E-state index contributed by atoms with van der Waals surface area (Å²) < 4.78 is 0. The van der Waals surface area contributed by atoms with Crippen LogP contribution in [0.4, 0.5) is 5.69 Å². The monoisotopic (exact) mass is 235 g/mol. The molecule has 3 nitrogen and oxygen atoms in total. The van der Waals surface area contributed by atoms with Gasteiger partial charge in [0.2, 0.25) is 0 Å². The van der Waals surface area contributed by atoms with Gasteiger partial charge < -0.3 is 10.6 Å². The topological polar surface area (TPSA) is 42.1 Å². The van der Waals surface area contributed by atoms with Crippen LogP contribution in [-0.2, 0) is 6.54 Å². The number of nitrogens with two attached hydrogens (primary N) is 1. The zero-order valence-corrected chi connectivity index (χ0v) is 11.7. The van der Waals surface area contributed by atoms with Gasteiger partial charge in [-0.05, 0) is 32.8 Å². The molecule has 3 heteroatoms. The summed E-state index contributed by atoms with van der Waals surface area (Å²) in [5.41, 5.74) is 9.22. The van der Waals surface area contributed by atoms with Crippen molar-refractivity contribution in [3.63, 3.8) is 0 Å². The highest BCUT2D eigenvalue weighted by atomic mass is 15.2. The molecular formula is C14H25N3. The van der Waals surface area contributed by atoms with Gasteiger partial charge in [0, 0.05) is 42.3 Å². The van der Waals surface area contributed by atoms with E-state index in [0.29, 0.717) is 18.5 Å². The quantitative estimate of drug-likeness (QED) is 0.853. The van der Waals surface area contributed by atoms with Gasteiger partial charge in [-0.2, -0.15) is 0 Å². The first-order valence-corrected chi connectivity index (χ1v) is 6.38. The van der Waals surface area contributed by atoms with Crippen LogP contribution in [0.3, 0.4) is 0 Å². The number of hydrogen-bond donors (Lipinski definition) is 1. The first-order valence-electron chi connectivity index (χ1n) is 6.38. The van der Waals surface area contributed by atoms with Crippen molar-refractivity contribution in [2.45, 2.75) is 47.2 Å². The summed E-state index contributed by atoms with van der Waals surface area (Å²) in [6.07, 6.45) is 1.90. The largest absolute Gasteiger partial charge is 0.368 e.